The number of hydrogen-bond donors (Lipinski definition) is 2. The number of carbonyl (C=O) groups is 2. The van der Waals surface area contributed by atoms with Crippen LogP contribution in [0.2, 0.25) is 0 Å². The molecule has 1 fully saturated rings. The predicted octanol–water partition coefficient (Wildman–Crippen LogP) is 3.02. The molecule has 0 saturated carbocycles. The van der Waals surface area contributed by atoms with E-state index in [0.717, 1.165) is 41.7 Å². The first-order valence-corrected chi connectivity index (χ1v) is 8.71. The Morgan fingerprint density at radius 3 is 3.00 bits per heavy atom. The summed E-state index contributed by atoms with van der Waals surface area (Å²) in [5.74, 6) is -0.220. The molecule has 23 heavy (non-hydrogen) atoms. The first-order valence-electron chi connectivity index (χ1n) is 7.89. The van der Waals surface area contributed by atoms with Crippen molar-refractivity contribution in [2.75, 3.05) is 25.0 Å². The third kappa shape index (κ3) is 3.71. The van der Waals surface area contributed by atoms with Crippen molar-refractivity contribution in [2.45, 2.75) is 19.8 Å². The number of benzene rings is 1. The lowest BCUT2D eigenvalue weighted by Crippen LogP contribution is -2.37. The number of piperidine rings is 1. The zero-order chi connectivity index (χ0) is 16.2. The zero-order valence-electron chi connectivity index (χ0n) is 13.1. The number of anilines is 1. The minimum absolute atomic E-state index is 0.0250. The molecular formula is C17H20N2O3S. The van der Waals surface area contributed by atoms with E-state index in [1.54, 1.807) is 6.92 Å². The fourth-order valence-corrected chi connectivity index (χ4v) is 3.68. The monoisotopic (exact) mass is 332 g/mol. The van der Waals surface area contributed by atoms with Gasteiger partial charge in [0.2, 0.25) is 5.91 Å². The minimum Gasteiger partial charge on any atom is -0.462 e. The normalized spacial score (nSPS) is 17.9. The molecule has 6 heteroatoms. The Morgan fingerprint density at radius 2 is 2.26 bits per heavy atom. The lowest BCUT2D eigenvalue weighted by atomic mass is 9.99. The Labute approximate surface area is 139 Å². The summed E-state index contributed by atoms with van der Waals surface area (Å²) in [5, 5.41) is 7.17. The molecule has 0 spiro atoms. The van der Waals surface area contributed by atoms with E-state index in [-0.39, 0.29) is 17.8 Å². The molecule has 2 heterocycles. The van der Waals surface area contributed by atoms with Crippen molar-refractivity contribution in [1.29, 1.82) is 0 Å². The van der Waals surface area contributed by atoms with Crippen LogP contribution in [-0.4, -0.2) is 31.6 Å². The van der Waals surface area contributed by atoms with Gasteiger partial charge in [0.15, 0.2) is 0 Å². The minimum atomic E-state index is -0.299. The number of amides is 1. The fourth-order valence-electron chi connectivity index (χ4n) is 2.74. The van der Waals surface area contributed by atoms with Crippen molar-refractivity contribution in [3.05, 3.63) is 29.1 Å². The molecule has 2 aromatic rings. The third-order valence-electron chi connectivity index (χ3n) is 3.93. The van der Waals surface area contributed by atoms with Crippen LogP contribution in [0.1, 0.15) is 29.4 Å². The Balaban J connectivity index is 1.74. The number of esters is 1. The summed E-state index contributed by atoms with van der Waals surface area (Å²) in [5.41, 5.74) is 0.765. The van der Waals surface area contributed by atoms with Crippen molar-refractivity contribution in [1.82, 2.24) is 5.32 Å². The molecule has 1 unspecified atom stereocenters. The lowest BCUT2D eigenvalue weighted by molar-refractivity contribution is -0.120. The average Bonchev–Trinajstić information content (AvgIpc) is 2.99. The number of thiophene rings is 1. The maximum absolute atomic E-state index is 12.3. The van der Waals surface area contributed by atoms with E-state index in [9.17, 15) is 9.59 Å². The Bertz CT molecular complexity index is 720. The van der Waals surface area contributed by atoms with Gasteiger partial charge >= 0.3 is 5.97 Å². The van der Waals surface area contributed by atoms with E-state index < -0.39 is 0 Å². The molecule has 0 aliphatic carbocycles. The number of rotatable bonds is 4. The van der Waals surface area contributed by atoms with Gasteiger partial charge in [0.25, 0.3) is 0 Å². The molecule has 1 atom stereocenters. The maximum Gasteiger partial charge on any atom is 0.348 e. The summed E-state index contributed by atoms with van der Waals surface area (Å²) in [6, 6.07) is 7.53. The first kappa shape index (κ1) is 16.0. The highest BCUT2D eigenvalue weighted by atomic mass is 32.1. The van der Waals surface area contributed by atoms with Crippen LogP contribution < -0.4 is 10.6 Å². The van der Waals surface area contributed by atoms with Crippen LogP contribution in [0.25, 0.3) is 10.1 Å². The molecule has 1 aromatic heterocycles. The molecule has 1 amide bonds. The number of ether oxygens (including phenoxy) is 1. The summed E-state index contributed by atoms with van der Waals surface area (Å²) in [6.07, 6.45) is 1.96. The van der Waals surface area contributed by atoms with E-state index >= 15 is 0 Å². The zero-order valence-corrected chi connectivity index (χ0v) is 13.9. The van der Waals surface area contributed by atoms with Crippen LogP contribution in [-0.2, 0) is 9.53 Å². The van der Waals surface area contributed by atoms with Gasteiger partial charge in [-0.1, -0.05) is 0 Å². The number of carbonyl (C=O) groups excluding carboxylic acids is 2. The van der Waals surface area contributed by atoms with Crippen molar-refractivity contribution >= 4 is 39.0 Å². The van der Waals surface area contributed by atoms with Gasteiger partial charge in [-0.15, -0.1) is 11.3 Å². The molecular weight excluding hydrogens is 312 g/mol. The number of hydrogen-bond acceptors (Lipinski definition) is 5. The Hall–Kier alpha value is -1.92. The standard InChI is InChI=1S/C17H20N2O3S/c1-2-22-17(21)15-9-12-8-13(5-6-14(12)23-15)19-16(20)11-4-3-7-18-10-11/h5-6,8-9,11,18H,2-4,7,10H2,1H3,(H,19,20). The van der Waals surface area contributed by atoms with E-state index in [0.29, 0.717) is 11.5 Å². The smallest absolute Gasteiger partial charge is 0.348 e. The molecule has 122 valence electrons. The fraction of sp³-hybridized carbons (Fsp3) is 0.412. The van der Waals surface area contributed by atoms with Crippen LogP contribution in [0.15, 0.2) is 24.3 Å². The lowest BCUT2D eigenvalue weighted by Gasteiger charge is -2.21. The molecule has 1 saturated heterocycles. The molecule has 1 aliphatic rings. The molecule has 2 N–H and O–H groups in total. The van der Waals surface area contributed by atoms with Crippen molar-refractivity contribution in [3.8, 4) is 0 Å². The average molecular weight is 332 g/mol. The first-order chi connectivity index (χ1) is 11.2. The van der Waals surface area contributed by atoms with Crippen molar-refractivity contribution < 1.29 is 14.3 Å². The predicted molar refractivity (Wildman–Crippen MR) is 92.0 cm³/mol. The molecule has 3 rings (SSSR count). The second kappa shape index (κ2) is 7.10. The summed E-state index contributed by atoms with van der Waals surface area (Å²) in [4.78, 5) is 24.7. The summed E-state index contributed by atoms with van der Waals surface area (Å²) in [6.45, 7) is 3.88. The van der Waals surface area contributed by atoms with Gasteiger partial charge < -0.3 is 15.4 Å². The Morgan fingerprint density at radius 1 is 1.39 bits per heavy atom. The van der Waals surface area contributed by atoms with Crippen molar-refractivity contribution in [2.24, 2.45) is 5.92 Å². The van der Waals surface area contributed by atoms with E-state index in [4.69, 9.17) is 4.74 Å². The molecule has 1 aromatic carbocycles. The van der Waals surface area contributed by atoms with Gasteiger partial charge in [0, 0.05) is 16.9 Å². The third-order valence-corrected chi connectivity index (χ3v) is 5.02. The number of fused-ring (bicyclic) bond motifs is 1. The van der Waals surface area contributed by atoms with Crippen LogP contribution in [0.3, 0.4) is 0 Å². The van der Waals surface area contributed by atoms with Gasteiger partial charge in [-0.3, -0.25) is 4.79 Å². The highest BCUT2D eigenvalue weighted by molar-refractivity contribution is 7.20. The van der Waals surface area contributed by atoms with Gasteiger partial charge in [0.1, 0.15) is 4.88 Å². The molecule has 1 aliphatic heterocycles. The second-order valence-corrected chi connectivity index (χ2v) is 6.70. The summed E-state index contributed by atoms with van der Waals surface area (Å²) in [7, 11) is 0. The molecule has 0 bridgehead atoms. The van der Waals surface area contributed by atoms with E-state index in [1.165, 1.54) is 11.3 Å². The van der Waals surface area contributed by atoms with Crippen molar-refractivity contribution in [3.63, 3.8) is 0 Å². The van der Waals surface area contributed by atoms with E-state index in [2.05, 4.69) is 10.6 Å². The van der Waals surface area contributed by atoms with Crippen LogP contribution in [0.5, 0.6) is 0 Å². The number of nitrogens with one attached hydrogen (secondary N) is 2. The highest BCUT2D eigenvalue weighted by Gasteiger charge is 2.21. The molecule has 5 nitrogen and oxygen atoms in total. The van der Waals surface area contributed by atoms with E-state index in [1.807, 2.05) is 24.3 Å². The largest absolute Gasteiger partial charge is 0.462 e. The quantitative estimate of drug-likeness (QED) is 0.845. The molecule has 0 radical (unpaired) electrons. The van der Waals surface area contributed by atoms with Gasteiger partial charge in [-0.25, -0.2) is 4.79 Å². The SMILES string of the molecule is CCOC(=O)c1cc2cc(NC(=O)C3CCCNC3)ccc2s1. The van der Waals surface area contributed by atoms with Crippen LogP contribution >= 0.6 is 11.3 Å². The topological polar surface area (TPSA) is 67.4 Å². The highest BCUT2D eigenvalue weighted by Crippen LogP contribution is 2.29. The van der Waals surface area contributed by atoms with Gasteiger partial charge in [0.05, 0.1) is 12.5 Å². The maximum atomic E-state index is 12.3. The Kier molecular flexibility index (Phi) is 4.93. The summed E-state index contributed by atoms with van der Waals surface area (Å²) < 4.78 is 6.03. The van der Waals surface area contributed by atoms with Crippen LogP contribution in [0, 0.1) is 5.92 Å². The summed E-state index contributed by atoms with van der Waals surface area (Å²) >= 11 is 1.40. The second-order valence-electron chi connectivity index (χ2n) is 5.62. The van der Waals surface area contributed by atoms with Crippen LogP contribution in [0.4, 0.5) is 5.69 Å². The van der Waals surface area contributed by atoms with Gasteiger partial charge in [-0.2, -0.15) is 0 Å². The van der Waals surface area contributed by atoms with Gasteiger partial charge in [-0.05, 0) is 56.0 Å².